The molecule has 0 rings (SSSR count). The van der Waals surface area contributed by atoms with Gasteiger partial charge in [0, 0.05) is 6.61 Å². The van der Waals surface area contributed by atoms with Crippen LogP contribution in [0.4, 0.5) is 12.9 Å². The molecular formula is C5H11BF3O-. The van der Waals surface area contributed by atoms with E-state index in [1.54, 1.807) is 13.8 Å². The van der Waals surface area contributed by atoms with Crippen molar-refractivity contribution in [2.75, 3.05) is 6.61 Å². The van der Waals surface area contributed by atoms with Gasteiger partial charge in [-0.1, -0.05) is 6.32 Å². The van der Waals surface area contributed by atoms with Crippen molar-refractivity contribution in [2.24, 2.45) is 0 Å². The molecule has 0 aliphatic rings. The van der Waals surface area contributed by atoms with Crippen molar-refractivity contribution in [3.63, 3.8) is 0 Å². The molecule has 0 spiro atoms. The third-order valence-electron chi connectivity index (χ3n) is 0.896. The molecule has 0 radical (unpaired) electrons. The highest BCUT2D eigenvalue weighted by Gasteiger charge is 2.21. The first-order valence-corrected chi connectivity index (χ1v) is 3.24. The Hall–Kier alpha value is -0.185. The Kier molecular flexibility index (Phi) is 3.79. The Balaban J connectivity index is 3.21. The molecule has 0 saturated carbocycles. The molecule has 0 fully saturated rings. The Morgan fingerprint density at radius 3 is 2.10 bits per heavy atom. The second-order valence-electron chi connectivity index (χ2n) is 2.42. The monoisotopic (exact) mass is 155 g/mol. The van der Waals surface area contributed by atoms with Crippen LogP contribution < -0.4 is 0 Å². The molecule has 0 amide bonds. The molecule has 5 heteroatoms. The van der Waals surface area contributed by atoms with E-state index >= 15 is 0 Å². The smallest absolute Gasteiger partial charge is 0.449 e. The summed E-state index contributed by atoms with van der Waals surface area (Å²) in [6.07, 6.45) is -0.906. The zero-order chi connectivity index (χ0) is 8.20. The lowest BCUT2D eigenvalue weighted by molar-refractivity contribution is 0.0861. The Morgan fingerprint density at radius 1 is 1.30 bits per heavy atom. The van der Waals surface area contributed by atoms with E-state index in [1.807, 2.05) is 0 Å². The van der Waals surface area contributed by atoms with Gasteiger partial charge in [-0.2, -0.15) is 0 Å². The highest BCUT2D eigenvalue weighted by atomic mass is 19.4. The lowest BCUT2D eigenvalue weighted by Gasteiger charge is -2.14. The average Bonchev–Trinajstić information content (AvgIpc) is 1.59. The van der Waals surface area contributed by atoms with Crippen molar-refractivity contribution in [3.8, 4) is 0 Å². The van der Waals surface area contributed by atoms with E-state index in [0.717, 1.165) is 0 Å². The third-order valence-corrected chi connectivity index (χ3v) is 0.896. The Bertz CT molecular complexity index is 91.4. The molecule has 0 N–H and O–H groups in total. The molecule has 0 bridgehead atoms. The van der Waals surface area contributed by atoms with E-state index in [2.05, 4.69) is 0 Å². The van der Waals surface area contributed by atoms with Gasteiger partial charge in [0.1, 0.15) is 0 Å². The minimum Gasteiger partial charge on any atom is -0.449 e. The van der Waals surface area contributed by atoms with E-state index in [0.29, 0.717) is 0 Å². The van der Waals surface area contributed by atoms with E-state index in [9.17, 15) is 12.9 Å². The average molecular weight is 155 g/mol. The number of hydrogen-bond donors (Lipinski definition) is 0. The topological polar surface area (TPSA) is 9.23 Å². The first-order chi connectivity index (χ1) is 4.42. The van der Waals surface area contributed by atoms with Crippen LogP contribution in [-0.2, 0) is 4.74 Å². The highest BCUT2D eigenvalue weighted by molar-refractivity contribution is 6.58. The van der Waals surface area contributed by atoms with Crippen LogP contribution in [0.2, 0.25) is 6.32 Å². The number of hydrogen-bond acceptors (Lipinski definition) is 1. The van der Waals surface area contributed by atoms with Crippen LogP contribution in [0.3, 0.4) is 0 Å². The summed E-state index contributed by atoms with van der Waals surface area (Å²) in [7, 11) is 0. The molecule has 0 saturated heterocycles. The van der Waals surface area contributed by atoms with E-state index in [1.165, 1.54) is 0 Å². The van der Waals surface area contributed by atoms with Crippen LogP contribution in [0.5, 0.6) is 0 Å². The van der Waals surface area contributed by atoms with Gasteiger partial charge in [-0.15, -0.1) is 0 Å². The van der Waals surface area contributed by atoms with Gasteiger partial charge in [-0.05, 0) is 13.8 Å². The van der Waals surface area contributed by atoms with Crippen molar-refractivity contribution in [2.45, 2.75) is 26.3 Å². The number of halogens is 3. The van der Waals surface area contributed by atoms with Gasteiger partial charge >= 0.3 is 6.98 Å². The van der Waals surface area contributed by atoms with Gasteiger partial charge in [0.15, 0.2) is 0 Å². The third kappa shape index (κ3) is 7.81. The fourth-order valence-corrected chi connectivity index (χ4v) is 0.437. The van der Waals surface area contributed by atoms with Gasteiger partial charge in [0.25, 0.3) is 0 Å². The molecule has 1 nitrogen and oxygen atoms in total. The van der Waals surface area contributed by atoms with Crippen LogP contribution >= 0.6 is 0 Å². The maximum atomic E-state index is 11.5. The fraction of sp³-hybridized carbons (Fsp3) is 1.00. The molecule has 0 aliphatic heterocycles. The van der Waals surface area contributed by atoms with Crippen LogP contribution in [0.1, 0.15) is 13.8 Å². The second kappa shape index (κ2) is 3.86. The number of rotatable bonds is 4. The molecular weight excluding hydrogens is 144 g/mol. The van der Waals surface area contributed by atoms with Crippen molar-refractivity contribution < 1.29 is 17.7 Å². The maximum absolute atomic E-state index is 11.5. The first-order valence-electron chi connectivity index (χ1n) is 3.24. The van der Waals surface area contributed by atoms with Crippen molar-refractivity contribution in [1.29, 1.82) is 0 Å². The summed E-state index contributed by atoms with van der Waals surface area (Å²) in [5.74, 6) is 0. The highest BCUT2D eigenvalue weighted by Crippen LogP contribution is 2.14. The summed E-state index contributed by atoms with van der Waals surface area (Å²) in [6.45, 7) is -1.44. The minimum atomic E-state index is -4.66. The first kappa shape index (κ1) is 9.81. The van der Waals surface area contributed by atoms with Crippen LogP contribution in [0.25, 0.3) is 0 Å². The molecule has 0 heterocycles. The summed E-state index contributed by atoms with van der Waals surface area (Å²) in [6, 6.07) is 0. The Labute approximate surface area is 58.6 Å². The molecule has 62 valence electrons. The zero-order valence-corrected chi connectivity index (χ0v) is 6.11. The maximum Gasteiger partial charge on any atom is 0.480 e. The Morgan fingerprint density at radius 2 is 1.80 bits per heavy atom. The van der Waals surface area contributed by atoms with E-state index < -0.39 is 13.3 Å². The lowest BCUT2D eigenvalue weighted by Crippen LogP contribution is -2.18. The molecule has 0 aromatic carbocycles. The van der Waals surface area contributed by atoms with Crippen LogP contribution in [0.15, 0.2) is 0 Å². The molecule has 0 aliphatic carbocycles. The van der Waals surface area contributed by atoms with E-state index in [4.69, 9.17) is 4.74 Å². The molecule has 0 aromatic heterocycles. The minimum absolute atomic E-state index is 0.113. The van der Waals surface area contributed by atoms with Crippen molar-refractivity contribution in [3.05, 3.63) is 0 Å². The molecule has 0 atom stereocenters. The normalized spacial score (nSPS) is 12.6. The van der Waals surface area contributed by atoms with Gasteiger partial charge in [-0.3, -0.25) is 0 Å². The van der Waals surface area contributed by atoms with Crippen LogP contribution in [-0.4, -0.2) is 19.7 Å². The standard InChI is InChI=1S/C5H11BF3O/c1-5(2)10-4-3-6(7,8)9/h5H,3-4H2,1-2H3/q-1. The predicted octanol–water partition coefficient (Wildman–Crippen LogP) is 2.26. The quantitative estimate of drug-likeness (QED) is 0.565. The lowest BCUT2D eigenvalue weighted by atomic mass is 9.87. The van der Waals surface area contributed by atoms with Crippen LogP contribution in [0, 0.1) is 0 Å². The van der Waals surface area contributed by atoms with Crippen molar-refractivity contribution in [1.82, 2.24) is 0 Å². The summed E-state index contributed by atoms with van der Waals surface area (Å²) in [5, 5.41) is 0. The van der Waals surface area contributed by atoms with Gasteiger partial charge in [-0.25, -0.2) is 0 Å². The number of ether oxygens (including phenoxy) is 1. The van der Waals surface area contributed by atoms with E-state index in [-0.39, 0.29) is 12.7 Å². The van der Waals surface area contributed by atoms with Crippen molar-refractivity contribution >= 4 is 6.98 Å². The molecule has 0 unspecified atom stereocenters. The summed E-state index contributed by atoms with van der Waals surface area (Å²) < 4.78 is 39.2. The fourth-order valence-electron chi connectivity index (χ4n) is 0.437. The second-order valence-corrected chi connectivity index (χ2v) is 2.42. The summed E-state index contributed by atoms with van der Waals surface area (Å²) >= 11 is 0. The van der Waals surface area contributed by atoms with Gasteiger partial charge < -0.3 is 17.7 Å². The van der Waals surface area contributed by atoms with Gasteiger partial charge in [0.05, 0.1) is 6.10 Å². The molecule has 0 aromatic rings. The van der Waals surface area contributed by atoms with Gasteiger partial charge in [0.2, 0.25) is 0 Å². The molecule has 10 heavy (non-hydrogen) atoms. The summed E-state index contributed by atoms with van der Waals surface area (Å²) in [4.78, 5) is 0. The SMILES string of the molecule is CC(C)OCC[B-](F)(F)F. The zero-order valence-electron chi connectivity index (χ0n) is 6.11. The largest absolute Gasteiger partial charge is 0.480 e. The predicted molar refractivity (Wildman–Crippen MR) is 35.0 cm³/mol. The summed E-state index contributed by atoms with van der Waals surface area (Å²) in [5.41, 5.74) is 0.